The Morgan fingerprint density at radius 1 is 0.388 bits per heavy atom. The van der Waals surface area contributed by atoms with Gasteiger partial charge in [-0.2, -0.15) is 0 Å². The van der Waals surface area contributed by atoms with E-state index in [1.807, 2.05) is 24.3 Å². The minimum Gasteiger partial charge on any atom is -0.452 e. The van der Waals surface area contributed by atoms with Crippen molar-refractivity contribution >= 4 is 54.5 Å². The number of hydrogen-bond acceptors (Lipinski definition) is 2. The zero-order valence-electron chi connectivity index (χ0n) is 26.5. The van der Waals surface area contributed by atoms with Crippen LogP contribution in [0, 0.1) is 0 Å². The van der Waals surface area contributed by atoms with Crippen LogP contribution in [-0.2, 0) is 6.42 Å². The second-order valence-electron chi connectivity index (χ2n) is 13.1. The molecule has 49 heavy (non-hydrogen) atoms. The number of rotatable bonds is 3. The summed E-state index contributed by atoms with van der Waals surface area (Å²) in [6, 6.07) is 56.7. The lowest BCUT2D eigenvalue weighted by Gasteiger charge is -2.20. The van der Waals surface area contributed by atoms with E-state index in [9.17, 15) is 0 Å². The molecule has 10 aromatic rings. The number of furan rings is 2. The maximum Gasteiger partial charge on any atom is 0.179 e. The molecule has 0 saturated carbocycles. The van der Waals surface area contributed by atoms with E-state index < -0.39 is 0 Å². The van der Waals surface area contributed by atoms with E-state index >= 15 is 0 Å². The standard InChI is InChI=1S/C47H28O2/c1-2-13-28(14-3-1)41-27-31-26-39(45-37-22-10-11-24-40(37)48-47(45)46(31)49-41)44-35-20-8-6-18-33(35)43(34-19-7-9-21-36(34)44)38-23-12-16-30-25-29-15-4-5-17-32(29)42(30)38/h1-24,26-27H,25H2. The summed E-state index contributed by atoms with van der Waals surface area (Å²) in [5.74, 6) is 0.831. The Labute approximate surface area is 282 Å². The monoisotopic (exact) mass is 624 g/mol. The maximum atomic E-state index is 6.68. The fourth-order valence-electron chi connectivity index (χ4n) is 8.44. The molecule has 2 heteroatoms. The summed E-state index contributed by atoms with van der Waals surface area (Å²) in [4.78, 5) is 0. The highest BCUT2D eigenvalue weighted by atomic mass is 16.4. The van der Waals surface area contributed by atoms with Gasteiger partial charge in [0.05, 0.1) is 0 Å². The van der Waals surface area contributed by atoms with E-state index in [0.717, 1.165) is 56.2 Å². The minimum atomic E-state index is 0.776. The van der Waals surface area contributed by atoms with Crippen molar-refractivity contribution in [3.05, 3.63) is 169 Å². The number of para-hydroxylation sites is 1. The fraction of sp³-hybridized carbons (Fsp3) is 0.0213. The third-order valence-electron chi connectivity index (χ3n) is 10.5. The van der Waals surface area contributed by atoms with Crippen LogP contribution in [0.2, 0.25) is 0 Å². The SMILES string of the molecule is c1ccc(-c2cc3cc(-c4c5ccccc5c(-c5cccc6c5-c5ccccc5C6)c5ccccc45)c4c5ccccc5oc4c3o2)cc1. The van der Waals surface area contributed by atoms with Crippen molar-refractivity contribution in [1.82, 2.24) is 0 Å². The molecule has 0 N–H and O–H groups in total. The van der Waals surface area contributed by atoms with Gasteiger partial charge in [-0.15, -0.1) is 0 Å². The quantitative estimate of drug-likeness (QED) is 0.183. The van der Waals surface area contributed by atoms with Gasteiger partial charge in [-0.25, -0.2) is 0 Å². The van der Waals surface area contributed by atoms with Crippen molar-refractivity contribution in [2.45, 2.75) is 6.42 Å². The first-order valence-electron chi connectivity index (χ1n) is 16.9. The third kappa shape index (κ3) is 3.77. The zero-order chi connectivity index (χ0) is 32.1. The van der Waals surface area contributed by atoms with E-state index in [-0.39, 0.29) is 0 Å². The van der Waals surface area contributed by atoms with E-state index in [2.05, 4.69) is 133 Å². The summed E-state index contributed by atoms with van der Waals surface area (Å²) in [7, 11) is 0. The molecule has 0 atom stereocenters. The Bertz CT molecular complexity index is 2900. The van der Waals surface area contributed by atoms with Crippen molar-refractivity contribution in [3.8, 4) is 44.7 Å². The normalized spacial score (nSPS) is 12.4. The molecular weight excluding hydrogens is 597 g/mol. The second kappa shape index (κ2) is 10.1. The highest BCUT2D eigenvalue weighted by Crippen LogP contribution is 2.51. The molecule has 8 aromatic carbocycles. The molecule has 0 amide bonds. The van der Waals surface area contributed by atoms with Gasteiger partial charge in [0, 0.05) is 21.7 Å². The highest BCUT2D eigenvalue weighted by Gasteiger charge is 2.27. The van der Waals surface area contributed by atoms with Gasteiger partial charge in [0.25, 0.3) is 0 Å². The van der Waals surface area contributed by atoms with Crippen molar-refractivity contribution in [3.63, 3.8) is 0 Å². The Morgan fingerprint density at radius 2 is 0.980 bits per heavy atom. The predicted molar refractivity (Wildman–Crippen MR) is 203 cm³/mol. The van der Waals surface area contributed by atoms with Crippen LogP contribution < -0.4 is 0 Å². The predicted octanol–water partition coefficient (Wildman–Crippen LogP) is 13.2. The Kier molecular flexibility index (Phi) is 5.47. The first-order valence-corrected chi connectivity index (χ1v) is 16.9. The molecule has 0 bridgehead atoms. The zero-order valence-corrected chi connectivity index (χ0v) is 26.5. The largest absolute Gasteiger partial charge is 0.452 e. The van der Waals surface area contributed by atoms with Crippen molar-refractivity contribution < 1.29 is 8.83 Å². The maximum absolute atomic E-state index is 6.68. The van der Waals surface area contributed by atoms with Gasteiger partial charge < -0.3 is 8.83 Å². The molecule has 0 saturated heterocycles. The molecule has 2 heterocycles. The van der Waals surface area contributed by atoms with Crippen LogP contribution in [0.5, 0.6) is 0 Å². The summed E-state index contributed by atoms with van der Waals surface area (Å²) in [6.07, 6.45) is 0.967. The van der Waals surface area contributed by atoms with Crippen LogP contribution >= 0.6 is 0 Å². The Balaban J connectivity index is 1.29. The van der Waals surface area contributed by atoms with Crippen LogP contribution in [0.3, 0.4) is 0 Å². The van der Waals surface area contributed by atoms with Crippen molar-refractivity contribution in [1.29, 1.82) is 0 Å². The van der Waals surface area contributed by atoms with Gasteiger partial charge in [-0.3, -0.25) is 0 Å². The average Bonchev–Trinajstić information content (AvgIpc) is 3.87. The molecule has 2 aromatic heterocycles. The van der Waals surface area contributed by atoms with E-state index in [1.165, 1.54) is 60.5 Å². The van der Waals surface area contributed by atoms with Gasteiger partial charge in [0.15, 0.2) is 11.2 Å². The molecule has 0 aliphatic heterocycles. The molecule has 228 valence electrons. The van der Waals surface area contributed by atoms with Crippen LogP contribution in [0.25, 0.3) is 99.2 Å². The molecule has 11 rings (SSSR count). The highest BCUT2D eigenvalue weighted by molar-refractivity contribution is 6.28. The van der Waals surface area contributed by atoms with Gasteiger partial charge in [-0.05, 0) is 90.7 Å². The van der Waals surface area contributed by atoms with Crippen LogP contribution in [0.15, 0.2) is 167 Å². The number of benzene rings is 8. The lowest BCUT2D eigenvalue weighted by molar-refractivity contribution is 0.611. The van der Waals surface area contributed by atoms with Crippen molar-refractivity contribution in [2.75, 3.05) is 0 Å². The molecular formula is C47H28O2. The number of hydrogen-bond donors (Lipinski definition) is 0. The van der Waals surface area contributed by atoms with Gasteiger partial charge in [-0.1, -0.05) is 140 Å². The summed E-state index contributed by atoms with van der Waals surface area (Å²) in [6.45, 7) is 0. The van der Waals surface area contributed by atoms with Crippen LogP contribution in [0.4, 0.5) is 0 Å². The lowest BCUT2D eigenvalue weighted by atomic mass is 9.83. The average molecular weight is 625 g/mol. The number of fused-ring (bicyclic) bond motifs is 10. The molecule has 0 unspecified atom stereocenters. The minimum absolute atomic E-state index is 0.776. The fourth-order valence-corrected chi connectivity index (χ4v) is 8.44. The van der Waals surface area contributed by atoms with E-state index in [4.69, 9.17) is 8.83 Å². The third-order valence-corrected chi connectivity index (χ3v) is 10.5. The van der Waals surface area contributed by atoms with E-state index in [0.29, 0.717) is 0 Å². The van der Waals surface area contributed by atoms with Gasteiger partial charge in [0.1, 0.15) is 11.3 Å². The topological polar surface area (TPSA) is 26.3 Å². The van der Waals surface area contributed by atoms with E-state index in [1.54, 1.807) is 0 Å². The smallest absolute Gasteiger partial charge is 0.179 e. The molecule has 1 aliphatic carbocycles. The summed E-state index contributed by atoms with van der Waals surface area (Å²) >= 11 is 0. The summed E-state index contributed by atoms with van der Waals surface area (Å²) in [5.41, 5.74) is 13.9. The van der Waals surface area contributed by atoms with Crippen LogP contribution in [0.1, 0.15) is 11.1 Å². The Morgan fingerprint density at radius 3 is 1.73 bits per heavy atom. The first-order chi connectivity index (χ1) is 24.3. The van der Waals surface area contributed by atoms with Gasteiger partial charge >= 0.3 is 0 Å². The van der Waals surface area contributed by atoms with Crippen molar-refractivity contribution in [2.24, 2.45) is 0 Å². The lowest BCUT2D eigenvalue weighted by Crippen LogP contribution is -1.93. The molecule has 1 aliphatic rings. The second-order valence-corrected chi connectivity index (χ2v) is 13.1. The van der Waals surface area contributed by atoms with Gasteiger partial charge in [0.2, 0.25) is 0 Å². The Hall–Kier alpha value is -6.38. The molecule has 0 fully saturated rings. The van der Waals surface area contributed by atoms with Crippen LogP contribution in [-0.4, -0.2) is 0 Å². The molecule has 2 nitrogen and oxygen atoms in total. The first kappa shape index (κ1) is 26.7. The molecule has 0 spiro atoms. The summed E-state index contributed by atoms with van der Waals surface area (Å²) in [5, 5.41) is 8.11. The summed E-state index contributed by atoms with van der Waals surface area (Å²) < 4.78 is 13.3. The molecule has 0 radical (unpaired) electrons.